The number of carbonyl (C=O) groups is 6. The van der Waals surface area contributed by atoms with E-state index in [1.165, 1.54) is 39.0 Å². The number of esters is 1. The molecule has 2 unspecified atom stereocenters. The maximum Gasteiger partial charge on any atom is 0.409 e. The number of amides is 5. The Bertz CT molecular complexity index is 1700. The van der Waals surface area contributed by atoms with Crippen LogP contribution < -0.4 is 15.4 Å². The van der Waals surface area contributed by atoms with E-state index in [1.807, 2.05) is 0 Å². The monoisotopic (exact) mass is 740 g/mol. The van der Waals surface area contributed by atoms with E-state index in [0.29, 0.717) is 19.4 Å². The number of carbonyl (C=O) groups excluding carboxylic acids is 6. The molecule has 2 N–H and O–H groups in total. The molecule has 3 aliphatic rings. The fraction of sp³-hybridized carbons (Fsp3) is 0.595. The number of halogens is 1. The largest absolute Gasteiger partial charge is 0.483 e. The Balaban J connectivity index is 1.32. The molecule has 2 saturated heterocycles. The lowest BCUT2D eigenvalue weighted by molar-refractivity contribution is -0.155. The minimum Gasteiger partial charge on any atom is -0.483 e. The van der Waals surface area contributed by atoms with Crippen molar-refractivity contribution in [2.75, 3.05) is 45.9 Å². The third kappa shape index (κ3) is 10.3. The maximum absolute atomic E-state index is 14.4. The van der Waals surface area contributed by atoms with Gasteiger partial charge in [-0.15, -0.1) is 0 Å². The van der Waals surface area contributed by atoms with E-state index in [0.717, 1.165) is 19.3 Å². The zero-order valence-electron chi connectivity index (χ0n) is 30.8. The molecule has 0 bridgehead atoms. The van der Waals surface area contributed by atoms with Crippen molar-refractivity contribution >= 4 is 46.6 Å². The fourth-order valence-corrected chi connectivity index (χ4v) is 6.50. The van der Waals surface area contributed by atoms with Crippen LogP contribution >= 0.6 is 0 Å². The van der Waals surface area contributed by atoms with Crippen LogP contribution in [0, 0.1) is 5.82 Å². The van der Waals surface area contributed by atoms with Crippen LogP contribution in [0.5, 0.6) is 5.75 Å². The predicted molar refractivity (Wildman–Crippen MR) is 189 cm³/mol. The molecule has 2 atom stereocenters. The van der Waals surface area contributed by atoms with Gasteiger partial charge in [-0.2, -0.15) is 0 Å². The summed E-state index contributed by atoms with van der Waals surface area (Å²) in [5.41, 5.74) is -0.729. The van der Waals surface area contributed by atoms with E-state index in [2.05, 4.69) is 15.6 Å². The summed E-state index contributed by atoms with van der Waals surface area (Å²) in [5, 5.41) is 5.93. The maximum atomic E-state index is 14.4. The van der Waals surface area contributed by atoms with Gasteiger partial charge in [0.2, 0.25) is 11.8 Å². The molecule has 288 valence electrons. The highest BCUT2D eigenvalue weighted by Crippen LogP contribution is 2.28. The van der Waals surface area contributed by atoms with Crippen LogP contribution in [0.2, 0.25) is 0 Å². The molecule has 1 aliphatic carbocycles. The van der Waals surface area contributed by atoms with E-state index in [9.17, 15) is 33.2 Å². The lowest BCUT2D eigenvalue weighted by Crippen LogP contribution is -2.56. The summed E-state index contributed by atoms with van der Waals surface area (Å²) >= 11 is 0. The quantitative estimate of drug-likeness (QED) is 0.308. The number of nitrogens with zero attached hydrogens (tertiary/aromatic N) is 4. The Kier molecular flexibility index (Phi) is 12.7. The van der Waals surface area contributed by atoms with Crippen LogP contribution in [0.1, 0.15) is 83.1 Å². The first-order valence-corrected chi connectivity index (χ1v) is 18.3. The van der Waals surface area contributed by atoms with Gasteiger partial charge in [0, 0.05) is 56.6 Å². The number of aromatic nitrogens is 1. The number of rotatable bonds is 12. The third-order valence-electron chi connectivity index (χ3n) is 9.42. The van der Waals surface area contributed by atoms with Gasteiger partial charge in [0.1, 0.15) is 34.9 Å². The van der Waals surface area contributed by atoms with Crippen molar-refractivity contribution in [1.82, 2.24) is 30.3 Å². The molecule has 0 spiro atoms. The zero-order chi connectivity index (χ0) is 38.3. The second kappa shape index (κ2) is 17.2. The number of fused-ring (bicyclic) bond motifs is 1. The van der Waals surface area contributed by atoms with Crippen molar-refractivity contribution in [1.29, 1.82) is 0 Å². The molecule has 3 heterocycles. The molecule has 5 rings (SSSR count). The second-order valence-electron chi connectivity index (χ2n) is 14.5. The van der Waals surface area contributed by atoms with Crippen molar-refractivity contribution in [3.8, 4) is 5.75 Å². The summed E-state index contributed by atoms with van der Waals surface area (Å²) in [6.45, 7) is 7.82. The molecule has 53 heavy (non-hydrogen) atoms. The number of benzene rings is 1. The van der Waals surface area contributed by atoms with E-state index in [-0.39, 0.29) is 79.9 Å². The number of nitrogens with one attached hydrogen (secondary N) is 2. The Hall–Kier alpha value is -5.02. The minimum atomic E-state index is -1.17. The van der Waals surface area contributed by atoms with Crippen molar-refractivity contribution in [3.05, 3.63) is 35.8 Å². The van der Waals surface area contributed by atoms with Crippen LogP contribution in [-0.2, 0) is 28.7 Å². The lowest BCUT2D eigenvalue weighted by Gasteiger charge is -2.36. The Morgan fingerprint density at radius 3 is 2.34 bits per heavy atom. The van der Waals surface area contributed by atoms with Gasteiger partial charge >= 0.3 is 12.1 Å². The topological polar surface area (TPSA) is 177 Å². The Morgan fingerprint density at radius 2 is 1.68 bits per heavy atom. The highest BCUT2D eigenvalue weighted by atomic mass is 19.1. The second-order valence-corrected chi connectivity index (χ2v) is 14.5. The van der Waals surface area contributed by atoms with Crippen LogP contribution in [0.3, 0.4) is 0 Å². The molecule has 1 saturated carbocycles. The van der Waals surface area contributed by atoms with Crippen molar-refractivity contribution in [2.45, 2.75) is 96.4 Å². The molecule has 1 aromatic heterocycles. The lowest BCUT2D eigenvalue weighted by atomic mass is 9.93. The average molecular weight is 741 g/mol. The van der Waals surface area contributed by atoms with Gasteiger partial charge in [-0.3, -0.25) is 24.0 Å². The number of ether oxygens (including phenoxy) is 3. The summed E-state index contributed by atoms with van der Waals surface area (Å²) in [6.07, 6.45) is 3.36. The molecule has 1 aromatic carbocycles. The van der Waals surface area contributed by atoms with Gasteiger partial charge in [-0.05, 0) is 84.4 Å². The summed E-state index contributed by atoms with van der Waals surface area (Å²) < 4.78 is 30.8. The van der Waals surface area contributed by atoms with Gasteiger partial charge in [0.15, 0.2) is 6.61 Å². The summed E-state index contributed by atoms with van der Waals surface area (Å²) in [5.74, 6) is -2.98. The van der Waals surface area contributed by atoms with Gasteiger partial charge < -0.3 is 39.5 Å². The number of likely N-dealkylation sites (tertiary alicyclic amines) is 1. The van der Waals surface area contributed by atoms with E-state index >= 15 is 0 Å². The molecule has 5 amide bonds. The molecule has 2 aliphatic heterocycles. The van der Waals surface area contributed by atoms with Crippen LogP contribution in [-0.4, -0.2) is 125 Å². The Morgan fingerprint density at radius 1 is 0.962 bits per heavy atom. The standard InChI is InChI=1S/C37H49FN6O9/c1-5-51-36(50)43-18-16-42(17-19-43)35(49)27(13-14-32(46)53-37(2,3)4)41-33(47)28-21-30(25-20-23(38)11-12-26(25)40-28)52-22-31(45)44-15-7-10-29(44)34(48)39-24-8-6-9-24/h11-12,20-21,24,27,29H,5-10,13-19,22H2,1-4H3,(H,39,48)(H,41,47). The van der Waals surface area contributed by atoms with Gasteiger partial charge in [-0.1, -0.05) is 0 Å². The van der Waals surface area contributed by atoms with Crippen molar-refractivity contribution in [2.24, 2.45) is 0 Å². The molecule has 15 nitrogen and oxygen atoms in total. The van der Waals surface area contributed by atoms with Crippen LogP contribution in [0.15, 0.2) is 24.3 Å². The number of hydrogen-bond acceptors (Lipinski definition) is 10. The van der Waals surface area contributed by atoms with E-state index in [1.54, 1.807) is 27.7 Å². The summed E-state index contributed by atoms with van der Waals surface area (Å²) in [4.78, 5) is 87.5. The Labute approximate surface area is 307 Å². The normalized spacial score (nSPS) is 18.2. The molecule has 16 heteroatoms. The van der Waals surface area contributed by atoms with Crippen molar-refractivity contribution < 1.29 is 47.4 Å². The van der Waals surface area contributed by atoms with Gasteiger partial charge in [-0.25, -0.2) is 14.2 Å². The molecule has 0 radical (unpaired) electrons. The molecule has 2 aromatic rings. The first-order chi connectivity index (χ1) is 25.2. The molecular formula is C37H49FN6O9. The number of piperazine rings is 1. The smallest absolute Gasteiger partial charge is 0.409 e. The van der Waals surface area contributed by atoms with Gasteiger partial charge in [0.05, 0.1) is 12.1 Å². The average Bonchev–Trinajstić information content (AvgIpc) is 3.60. The van der Waals surface area contributed by atoms with E-state index < -0.39 is 59.9 Å². The number of pyridine rings is 1. The first-order valence-electron chi connectivity index (χ1n) is 18.3. The van der Waals surface area contributed by atoms with Crippen LogP contribution in [0.25, 0.3) is 10.9 Å². The summed E-state index contributed by atoms with van der Waals surface area (Å²) in [7, 11) is 0. The third-order valence-corrected chi connectivity index (χ3v) is 9.42. The summed E-state index contributed by atoms with van der Waals surface area (Å²) in [6, 6.07) is 3.34. The van der Waals surface area contributed by atoms with Crippen molar-refractivity contribution in [3.63, 3.8) is 0 Å². The van der Waals surface area contributed by atoms with Gasteiger partial charge in [0.25, 0.3) is 11.8 Å². The van der Waals surface area contributed by atoms with E-state index in [4.69, 9.17) is 14.2 Å². The highest BCUT2D eigenvalue weighted by Gasteiger charge is 2.36. The predicted octanol–water partition coefficient (Wildman–Crippen LogP) is 2.93. The zero-order valence-corrected chi connectivity index (χ0v) is 30.8. The molecule has 3 fully saturated rings. The number of hydrogen-bond donors (Lipinski definition) is 2. The minimum absolute atomic E-state index is 0.00869. The highest BCUT2D eigenvalue weighted by molar-refractivity contribution is 5.99. The first kappa shape index (κ1) is 39.2. The van der Waals surface area contributed by atoms with Crippen LogP contribution in [0.4, 0.5) is 9.18 Å². The SMILES string of the molecule is CCOC(=O)N1CCN(C(=O)C(CCC(=O)OC(C)(C)C)NC(=O)c2cc(OCC(=O)N3CCCC3C(=O)NC3CCC3)c3cc(F)ccc3n2)CC1. The molecular weight excluding hydrogens is 691 g/mol. The fourth-order valence-electron chi connectivity index (χ4n) is 6.50.